The topological polar surface area (TPSA) is 86.6 Å². The number of aliphatic hydroxyl groups is 1. The predicted octanol–water partition coefficient (Wildman–Crippen LogP) is 4.91. The van der Waals surface area contributed by atoms with Crippen molar-refractivity contribution in [2.24, 2.45) is 4.99 Å². The number of carbonyl (C=O) groups excluding carboxylic acids is 1. The van der Waals surface area contributed by atoms with Gasteiger partial charge in [-0.25, -0.2) is 9.79 Å². The zero-order valence-corrected chi connectivity index (χ0v) is 18.5. The van der Waals surface area contributed by atoms with Gasteiger partial charge in [0.25, 0.3) is 0 Å². The Kier molecular flexibility index (Phi) is 7.25. The summed E-state index contributed by atoms with van der Waals surface area (Å²) in [4.78, 5) is 17.3. The van der Waals surface area contributed by atoms with Crippen LogP contribution in [0.3, 0.4) is 0 Å². The minimum Gasteiger partial charge on any atom is -0.506 e. The Labute approximate surface area is 185 Å². The molecule has 0 spiro atoms. The van der Waals surface area contributed by atoms with Crippen molar-refractivity contribution >= 4 is 34.5 Å². The Hall–Kier alpha value is -3.39. The van der Waals surface area contributed by atoms with Crippen LogP contribution in [0.25, 0.3) is 6.08 Å². The monoisotopic (exact) mass is 441 g/mol. The second-order valence-electron chi connectivity index (χ2n) is 6.32. The predicted molar refractivity (Wildman–Crippen MR) is 121 cm³/mol. The van der Waals surface area contributed by atoms with Crippen molar-refractivity contribution in [3.8, 4) is 17.2 Å². The molecule has 162 valence electrons. The van der Waals surface area contributed by atoms with Gasteiger partial charge in [-0.3, -0.25) is 0 Å². The van der Waals surface area contributed by atoms with Gasteiger partial charge in [-0.2, -0.15) is 0 Å². The average Bonchev–Trinajstić information content (AvgIpc) is 3.08. The molecule has 3 rings (SSSR count). The summed E-state index contributed by atoms with van der Waals surface area (Å²) in [6, 6.07) is 12.5. The van der Waals surface area contributed by atoms with E-state index < -0.39 is 5.97 Å². The first kappa shape index (κ1) is 22.3. The normalized spacial score (nSPS) is 16.0. The summed E-state index contributed by atoms with van der Waals surface area (Å²) in [7, 11) is 4.38. The van der Waals surface area contributed by atoms with Crippen LogP contribution in [-0.2, 0) is 9.53 Å². The van der Waals surface area contributed by atoms with E-state index in [4.69, 9.17) is 18.9 Å². The summed E-state index contributed by atoms with van der Waals surface area (Å²) in [5, 5.41) is 11.1. The minimum atomic E-state index is -0.665. The maximum atomic E-state index is 12.3. The number of hydrogen-bond acceptors (Lipinski definition) is 8. The lowest BCUT2D eigenvalue weighted by Gasteiger charge is -2.06. The molecule has 2 aromatic rings. The van der Waals surface area contributed by atoms with E-state index >= 15 is 0 Å². The van der Waals surface area contributed by atoms with E-state index in [2.05, 4.69) is 4.99 Å². The van der Waals surface area contributed by atoms with Crippen molar-refractivity contribution in [3.05, 3.63) is 64.3 Å². The van der Waals surface area contributed by atoms with Gasteiger partial charge in [-0.05, 0) is 55.0 Å². The van der Waals surface area contributed by atoms with Crippen molar-refractivity contribution < 1.29 is 28.8 Å². The quantitative estimate of drug-likeness (QED) is 0.611. The summed E-state index contributed by atoms with van der Waals surface area (Å²) in [6.45, 7) is 2.47. The molecule has 0 unspecified atom stereocenters. The van der Waals surface area contributed by atoms with Crippen LogP contribution in [0.15, 0.2) is 63.7 Å². The first-order chi connectivity index (χ1) is 15.0. The maximum Gasteiger partial charge on any atom is 0.344 e. The van der Waals surface area contributed by atoms with Crippen LogP contribution in [0.2, 0.25) is 0 Å². The number of nitrogens with zero attached hydrogens (tertiary/aromatic N) is 1. The lowest BCUT2D eigenvalue weighted by molar-refractivity contribution is -0.135. The standard InChI is InChI=1S/C23H23NO6S/c1-5-30-16-8-6-15(7-9-16)24-22-20(23(26)29-4)21(25)19(31-22)12-14-10-17(27-2)13-18(11-14)28-3/h6-13,25H,5H2,1-4H3/b19-12+,24-22?. The lowest BCUT2D eigenvalue weighted by atomic mass is 10.1. The molecule has 0 atom stereocenters. The lowest BCUT2D eigenvalue weighted by Crippen LogP contribution is -2.10. The first-order valence-corrected chi connectivity index (χ1v) is 10.3. The Bertz CT molecular complexity index is 1030. The summed E-state index contributed by atoms with van der Waals surface area (Å²) in [5.41, 5.74) is 1.36. The van der Waals surface area contributed by atoms with E-state index in [1.54, 1.807) is 62.8 Å². The molecule has 0 aliphatic carbocycles. The van der Waals surface area contributed by atoms with Crippen LogP contribution in [0.4, 0.5) is 5.69 Å². The van der Waals surface area contributed by atoms with Gasteiger partial charge in [0.05, 0.1) is 38.5 Å². The average molecular weight is 442 g/mol. The van der Waals surface area contributed by atoms with Gasteiger partial charge in [0.15, 0.2) is 0 Å². The zero-order chi connectivity index (χ0) is 22.4. The van der Waals surface area contributed by atoms with E-state index in [0.29, 0.717) is 33.7 Å². The summed E-state index contributed by atoms with van der Waals surface area (Å²) < 4.78 is 20.9. The van der Waals surface area contributed by atoms with Crippen molar-refractivity contribution in [2.75, 3.05) is 27.9 Å². The number of carbonyl (C=O) groups is 1. The minimum absolute atomic E-state index is 0.0162. The fraction of sp³-hybridized carbons (Fsp3) is 0.217. The Morgan fingerprint density at radius 3 is 2.23 bits per heavy atom. The van der Waals surface area contributed by atoms with Crippen LogP contribution in [-0.4, -0.2) is 44.1 Å². The molecule has 31 heavy (non-hydrogen) atoms. The molecule has 0 saturated carbocycles. The fourth-order valence-corrected chi connectivity index (χ4v) is 3.89. The molecular formula is C23H23NO6S. The Morgan fingerprint density at radius 1 is 1.03 bits per heavy atom. The number of rotatable bonds is 7. The van der Waals surface area contributed by atoms with E-state index in [9.17, 15) is 9.90 Å². The molecule has 0 saturated heterocycles. The number of thioether (sulfide) groups is 1. The molecule has 0 aromatic heterocycles. The third-order valence-corrected chi connectivity index (χ3v) is 5.35. The molecule has 1 N–H and O–H groups in total. The molecule has 0 fully saturated rings. The van der Waals surface area contributed by atoms with Crippen LogP contribution in [0, 0.1) is 0 Å². The van der Waals surface area contributed by atoms with Crippen LogP contribution >= 0.6 is 11.8 Å². The van der Waals surface area contributed by atoms with E-state index in [1.165, 1.54) is 18.9 Å². The maximum absolute atomic E-state index is 12.3. The fourth-order valence-electron chi connectivity index (χ4n) is 2.86. The van der Waals surface area contributed by atoms with Gasteiger partial charge in [0.2, 0.25) is 0 Å². The number of aliphatic imine (C=N–C) groups is 1. The zero-order valence-electron chi connectivity index (χ0n) is 17.7. The molecule has 0 amide bonds. The van der Waals surface area contributed by atoms with Gasteiger partial charge < -0.3 is 24.1 Å². The molecule has 7 nitrogen and oxygen atoms in total. The van der Waals surface area contributed by atoms with Gasteiger partial charge >= 0.3 is 5.97 Å². The molecule has 1 heterocycles. The van der Waals surface area contributed by atoms with Crippen molar-refractivity contribution in [1.82, 2.24) is 0 Å². The Balaban J connectivity index is 2.00. The number of methoxy groups -OCH3 is 3. The molecule has 1 aliphatic heterocycles. The summed E-state index contributed by atoms with van der Waals surface area (Å²) in [5.74, 6) is 1.08. The second kappa shape index (κ2) is 10.1. The second-order valence-corrected chi connectivity index (χ2v) is 7.35. The highest BCUT2D eigenvalue weighted by Gasteiger charge is 2.33. The first-order valence-electron chi connectivity index (χ1n) is 9.45. The van der Waals surface area contributed by atoms with E-state index in [0.717, 1.165) is 11.3 Å². The largest absolute Gasteiger partial charge is 0.506 e. The molecule has 2 aromatic carbocycles. The molecule has 8 heteroatoms. The Morgan fingerprint density at radius 2 is 1.68 bits per heavy atom. The highest BCUT2D eigenvalue weighted by Crippen LogP contribution is 2.40. The molecular weight excluding hydrogens is 418 g/mol. The molecule has 1 aliphatic rings. The van der Waals surface area contributed by atoms with Crippen molar-refractivity contribution in [1.29, 1.82) is 0 Å². The summed E-state index contributed by atoms with van der Waals surface area (Å²) in [6.07, 6.45) is 1.73. The number of hydrogen-bond donors (Lipinski definition) is 1. The SMILES string of the molecule is CCOc1ccc(N=C2S/C(=C/c3cc(OC)cc(OC)c3)C(O)=C2C(=O)OC)cc1. The van der Waals surface area contributed by atoms with Gasteiger partial charge in [0.1, 0.15) is 33.6 Å². The molecule has 0 radical (unpaired) electrons. The van der Waals surface area contributed by atoms with Crippen molar-refractivity contribution in [3.63, 3.8) is 0 Å². The van der Waals surface area contributed by atoms with Crippen LogP contribution in [0.1, 0.15) is 12.5 Å². The highest BCUT2D eigenvalue weighted by atomic mass is 32.2. The number of ether oxygens (including phenoxy) is 4. The van der Waals surface area contributed by atoms with Gasteiger partial charge in [0, 0.05) is 6.07 Å². The van der Waals surface area contributed by atoms with Crippen molar-refractivity contribution in [2.45, 2.75) is 6.92 Å². The smallest absolute Gasteiger partial charge is 0.344 e. The van der Waals surface area contributed by atoms with E-state index in [1.807, 2.05) is 6.92 Å². The number of benzene rings is 2. The third-order valence-electron chi connectivity index (χ3n) is 4.33. The number of aliphatic hydroxyl groups excluding tert-OH is 1. The summed E-state index contributed by atoms with van der Waals surface area (Å²) >= 11 is 1.17. The van der Waals surface area contributed by atoms with Gasteiger partial charge in [-0.1, -0.05) is 11.8 Å². The molecule has 0 bridgehead atoms. The number of esters is 1. The van der Waals surface area contributed by atoms with E-state index in [-0.39, 0.29) is 11.3 Å². The van der Waals surface area contributed by atoms with Crippen LogP contribution < -0.4 is 14.2 Å². The van der Waals surface area contributed by atoms with Gasteiger partial charge in [-0.15, -0.1) is 0 Å². The van der Waals surface area contributed by atoms with Crippen LogP contribution in [0.5, 0.6) is 17.2 Å². The highest BCUT2D eigenvalue weighted by molar-refractivity contribution is 8.18. The third kappa shape index (κ3) is 5.21.